The lowest BCUT2D eigenvalue weighted by molar-refractivity contribution is -0.144. The van der Waals surface area contributed by atoms with E-state index in [1.54, 1.807) is 36.4 Å². The number of esters is 1. The molecule has 0 saturated heterocycles. The first-order valence-corrected chi connectivity index (χ1v) is 9.66. The number of carbonyl (C=O) groups is 3. The molecule has 0 aliphatic heterocycles. The van der Waals surface area contributed by atoms with Crippen LogP contribution in [0.2, 0.25) is 5.02 Å². The molecule has 6 nitrogen and oxygen atoms in total. The van der Waals surface area contributed by atoms with Crippen molar-refractivity contribution in [3.05, 3.63) is 58.1 Å². The number of nitrogens with one attached hydrogen (secondary N) is 1. The lowest BCUT2D eigenvalue weighted by Crippen LogP contribution is -2.20. The highest BCUT2D eigenvalue weighted by Crippen LogP contribution is 2.27. The Morgan fingerprint density at radius 2 is 1.62 bits per heavy atom. The van der Waals surface area contributed by atoms with Crippen molar-refractivity contribution in [3.8, 4) is 5.75 Å². The number of aryl methyl sites for hydroxylation is 2. The van der Waals surface area contributed by atoms with Crippen LogP contribution in [0.4, 0.5) is 5.69 Å². The van der Waals surface area contributed by atoms with Crippen LogP contribution in [-0.4, -0.2) is 30.9 Å². The number of ether oxygens (including phenoxy) is 2. The monoisotopic (exact) mass is 417 g/mol. The molecule has 1 amide bonds. The molecule has 0 heterocycles. The van der Waals surface area contributed by atoms with Crippen LogP contribution in [0.3, 0.4) is 0 Å². The molecule has 0 bridgehead atoms. The molecule has 1 N–H and O–H groups in total. The van der Waals surface area contributed by atoms with E-state index in [9.17, 15) is 14.4 Å². The predicted molar refractivity (Wildman–Crippen MR) is 112 cm³/mol. The van der Waals surface area contributed by atoms with Crippen molar-refractivity contribution in [2.24, 2.45) is 0 Å². The van der Waals surface area contributed by atoms with Gasteiger partial charge in [0, 0.05) is 22.7 Å². The van der Waals surface area contributed by atoms with Crippen LogP contribution in [0.1, 0.15) is 41.3 Å². The second-order valence-electron chi connectivity index (χ2n) is 6.62. The Labute approximate surface area is 175 Å². The van der Waals surface area contributed by atoms with Gasteiger partial charge in [-0.2, -0.15) is 0 Å². The van der Waals surface area contributed by atoms with Gasteiger partial charge in [0.2, 0.25) is 5.91 Å². The zero-order valence-electron chi connectivity index (χ0n) is 16.7. The average molecular weight is 418 g/mol. The van der Waals surface area contributed by atoms with Gasteiger partial charge in [-0.25, -0.2) is 4.79 Å². The highest BCUT2D eigenvalue weighted by Gasteiger charge is 2.13. The maximum atomic E-state index is 12.2. The average Bonchev–Trinajstić information content (AvgIpc) is 2.66. The number of rotatable bonds is 9. The summed E-state index contributed by atoms with van der Waals surface area (Å²) < 4.78 is 10.5. The summed E-state index contributed by atoms with van der Waals surface area (Å²) in [5.74, 6) is -0.496. The Balaban J connectivity index is 1.82. The molecule has 0 unspecified atom stereocenters. The molecule has 0 aliphatic carbocycles. The van der Waals surface area contributed by atoms with Crippen molar-refractivity contribution in [1.82, 2.24) is 0 Å². The summed E-state index contributed by atoms with van der Waals surface area (Å²) in [6.07, 6.45) is 1.20. The van der Waals surface area contributed by atoms with Gasteiger partial charge in [0.15, 0.2) is 19.0 Å². The summed E-state index contributed by atoms with van der Waals surface area (Å²) >= 11 is 5.97. The SMILES string of the molecule is CCCC(=O)Nc1ccc(C(=O)COC(=O)COc2c(C)cc(Cl)cc2C)cc1. The van der Waals surface area contributed by atoms with Gasteiger partial charge in [0.25, 0.3) is 0 Å². The van der Waals surface area contributed by atoms with E-state index >= 15 is 0 Å². The molecule has 2 aromatic rings. The molecule has 154 valence electrons. The van der Waals surface area contributed by atoms with Gasteiger partial charge < -0.3 is 14.8 Å². The Morgan fingerprint density at radius 1 is 1.00 bits per heavy atom. The Morgan fingerprint density at radius 3 is 2.21 bits per heavy atom. The van der Waals surface area contributed by atoms with E-state index in [1.165, 1.54) is 0 Å². The van der Waals surface area contributed by atoms with E-state index in [0.29, 0.717) is 28.4 Å². The fraction of sp³-hybridized carbons (Fsp3) is 0.318. The van der Waals surface area contributed by atoms with Gasteiger partial charge >= 0.3 is 5.97 Å². The number of ketones is 1. The Hall–Kier alpha value is -2.86. The van der Waals surface area contributed by atoms with Crippen LogP contribution in [0.25, 0.3) is 0 Å². The second-order valence-corrected chi connectivity index (χ2v) is 7.05. The molecule has 0 radical (unpaired) electrons. The van der Waals surface area contributed by atoms with Crippen molar-refractivity contribution in [3.63, 3.8) is 0 Å². The molecule has 0 spiro atoms. The van der Waals surface area contributed by atoms with Crippen LogP contribution < -0.4 is 10.1 Å². The lowest BCUT2D eigenvalue weighted by Gasteiger charge is -2.12. The highest BCUT2D eigenvalue weighted by atomic mass is 35.5. The van der Waals surface area contributed by atoms with Crippen molar-refractivity contribution >= 4 is 34.9 Å². The van der Waals surface area contributed by atoms with Crippen LogP contribution in [0.15, 0.2) is 36.4 Å². The minimum Gasteiger partial charge on any atom is -0.481 e. The minimum absolute atomic E-state index is 0.0772. The van der Waals surface area contributed by atoms with Gasteiger partial charge in [-0.15, -0.1) is 0 Å². The third-order valence-electron chi connectivity index (χ3n) is 4.09. The third-order valence-corrected chi connectivity index (χ3v) is 4.31. The number of carbonyl (C=O) groups excluding carboxylic acids is 3. The maximum absolute atomic E-state index is 12.2. The van der Waals surface area contributed by atoms with Gasteiger partial charge in [0.1, 0.15) is 5.75 Å². The van der Waals surface area contributed by atoms with Crippen LogP contribution in [0.5, 0.6) is 5.75 Å². The molecular formula is C22H24ClNO5. The van der Waals surface area contributed by atoms with Crippen LogP contribution >= 0.6 is 11.6 Å². The van der Waals surface area contributed by atoms with Gasteiger partial charge in [-0.1, -0.05) is 18.5 Å². The number of halogens is 1. The first-order valence-electron chi connectivity index (χ1n) is 9.28. The van der Waals surface area contributed by atoms with E-state index in [2.05, 4.69) is 5.32 Å². The number of Topliss-reactive ketones (excluding diaryl/α,β-unsaturated/α-hetero) is 1. The van der Waals surface area contributed by atoms with Crippen molar-refractivity contribution in [2.75, 3.05) is 18.5 Å². The molecule has 0 aromatic heterocycles. The van der Waals surface area contributed by atoms with E-state index in [1.807, 2.05) is 20.8 Å². The topological polar surface area (TPSA) is 81.7 Å². The highest BCUT2D eigenvalue weighted by molar-refractivity contribution is 6.30. The quantitative estimate of drug-likeness (QED) is 0.479. The first-order chi connectivity index (χ1) is 13.8. The molecule has 2 aromatic carbocycles. The summed E-state index contributed by atoms with van der Waals surface area (Å²) in [4.78, 5) is 35.7. The van der Waals surface area contributed by atoms with Gasteiger partial charge in [-0.05, 0) is 67.8 Å². The maximum Gasteiger partial charge on any atom is 0.344 e. The number of benzene rings is 2. The molecule has 0 atom stereocenters. The first kappa shape index (κ1) is 22.4. The van der Waals surface area contributed by atoms with Crippen LogP contribution in [-0.2, 0) is 14.3 Å². The molecule has 0 saturated carbocycles. The largest absolute Gasteiger partial charge is 0.481 e. The minimum atomic E-state index is -0.643. The Bertz CT molecular complexity index is 870. The zero-order chi connectivity index (χ0) is 21.4. The van der Waals surface area contributed by atoms with E-state index in [0.717, 1.165) is 17.5 Å². The molecule has 2 rings (SSSR count). The lowest BCUT2D eigenvalue weighted by atomic mass is 10.1. The van der Waals surface area contributed by atoms with Crippen molar-refractivity contribution in [2.45, 2.75) is 33.6 Å². The Kier molecular flexibility index (Phi) is 8.21. The number of hydrogen-bond acceptors (Lipinski definition) is 5. The van der Waals surface area contributed by atoms with Crippen molar-refractivity contribution < 1.29 is 23.9 Å². The molecule has 0 fully saturated rings. The second kappa shape index (κ2) is 10.6. The predicted octanol–water partition coefficient (Wildman–Crippen LogP) is 4.50. The summed E-state index contributed by atoms with van der Waals surface area (Å²) in [5.41, 5.74) is 2.62. The van der Waals surface area contributed by atoms with E-state index < -0.39 is 5.97 Å². The molecule has 29 heavy (non-hydrogen) atoms. The fourth-order valence-corrected chi connectivity index (χ4v) is 3.04. The van der Waals surface area contributed by atoms with Gasteiger partial charge in [0.05, 0.1) is 0 Å². The zero-order valence-corrected chi connectivity index (χ0v) is 17.5. The summed E-state index contributed by atoms with van der Waals surface area (Å²) in [5, 5.41) is 3.34. The number of hydrogen-bond donors (Lipinski definition) is 1. The molecule has 0 aliphatic rings. The van der Waals surface area contributed by atoms with Crippen LogP contribution in [0, 0.1) is 13.8 Å². The number of amides is 1. The fourth-order valence-electron chi connectivity index (χ4n) is 2.72. The third kappa shape index (κ3) is 6.91. The normalized spacial score (nSPS) is 10.3. The van der Waals surface area contributed by atoms with Crippen molar-refractivity contribution in [1.29, 1.82) is 0 Å². The molecule has 7 heteroatoms. The summed E-state index contributed by atoms with van der Waals surface area (Å²) in [6, 6.07) is 9.92. The number of anilines is 1. The van der Waals surface area contributed by atoms with Gasteiger partial charge in [-0.3, -0.25) is 9.59 Å². The van der Waals surface area contributed by atoms with E-state index in [4.69, 9.17) is 21.1 Å². The standard InChI is InChI=1S/C22H24ClNO5/c1-4-5-20(26)24-18-8-6-16(7-9-18)19(25)12-28-21(27)13-29-22-14(2)10-17(23)11-15(22)3/h6-11H,4-5,12-13H2,1-3H3,(H,24,26). The van der Waals surface area contributed by atoms with E-state index in [-0.39, 0.29) is 24.9 Å². The summed E-state index contributed by atoms with van der Waals surface area (Å²) in [6.45, 7) is 4.89. The smallest absolute Gasteiger partial charge is 0.344 e. The summed E-state index contributed by atoms with van der Waals surface area (Å²) in [7, 11) is 0. The molecular weight excluding hydrogens is 394 g/mol.